The van der Waals surface area contributed by atoms with Gasteiger partial charge in [0.1, 0.15) is 12.2 Å². The van der Waals surface area contributed by atoms with Gasteiger partial charge in [-0.25, -0.2) is 0 Å². The van der Waals surface area contributed by atoms with Crippen molar-refractivity contribution in [2.75, 3.05) is 19.8 Å². The minimum absolute atomic E-state index is 0.249. The van der Waals surface area contributed by atoms with E-state index in [2.05, 4.69) is 12.2 Å². The van der Waals surface area contributed by atoms with E-state index in [1.165, 1.54) is 12.8 Å². The predicted octanol–water partition coefficient (Wildman–Crippen LogP) is 2.36. The first-order valence-electron chi connectivity index (χ1n) is 7.41. The van der Waals surface area contributed by atoms with Gasteiger partial charge in [-0.2, -0.15) is 0 Å². The molecule has 2 N–H and O–H groups in total. The van der Waals surface area contributed by atoms with Crippen LogP contribution >= 0.6 is 0 Å². The van der Waals surface area contributed by atoms with Crippen molar-refractivity contribution in [3.63, 3.8) is 0 Å². The van der Waals surface area contributed by atoms with Crippen LogP contribution in [0, 0.1) is 0 Å². The molecule has 1 atom stereocenters. The smallest absolute Gasteiger partial charge is 0.161 e. The van der Waals surface area contributed by atoms with Gasteiger partial charge in [-0.1, -0.05) is 19.1 Å². The molecule has 4 nitrogen and oxygen atoms in total. The van der Waals surface area contributed by atoms with Gasteiger partial charge >= 0.3 is 0 Å². The highest BCUT2D eigenvalue weighted by Crippen LogP contribution is 2.27. The maximum Gasteiger partial charge on any atom is 0.161 e. The molecule has 1 aromatic rings. The average Bonchev–Trinajstić information content (AvgIpc) is 3.26. The van der Waals surface area contributed by atoms with Crippen LogP contribution in [0.5, 0.6) is 11.5 Å². The van der Waals surface area contributed by atoms with Crippen LogP contribution in [0.1, 0.15) is 33.1 Å². The molecular weight excluding hydrogens is 254 g/mol. The van der Waals surface area contributed by atoms with Crippen LogP contribution < -0.4 is 14.8 Å². The summed E-state index contributed by atoms with van der Waals surface area (Å²) in [6.45, 7) is 5.32. The molecule has 0 aliphatic heterocycles. The van der Waals surface area contributed by atoms with E-state index in [0.717, 1.165) is 12.2 Å². The Hall–Kier alpha value is -1.26. The van der Waals surface area contributed by atoms with Gasteiger partial charge in [0.05, 0.1) is 6.61 Å². The van der Waals surface area contributed by atoms with Gasteiger partial charge in [-0.05, 0) is 38.3 Å². The molecular formula is C16H25NO3. The first kappa shape index (κ1) is 15.1. The summed E-state index contributed by atoms with van der Waals surface area (Å²) in [5.41, 5.74) is -0.875. The molecule has 112 valence electrons. The monoisotopic (exact) mass is 279 g/mol. The zero-order valence-electron chi connectivity index (χ0n) is 12.4. The summed E-state index contributed by atoms with van der Waals surface area (Å²) in [5.74, 6) is 1.42. The number of hydrogen-bond acceptors (Lipinski definition) is 4. The molecule has 2 rings (SSSR count). The summed E-state index contributed by atoms with van der Waals surface area (Å²) >= 11 is 0. The maximum atomic E-state index is 10.3. The van der Waals surface area contributed by atoms with Crippen molar-refractivity contribution in [2.24, 2.45) is 0 Å². The van der Waals surface area contributed by atoms with Gasteiger partial charge in [0.2, 0.25) is 0 Å². The Balaban J connectivity index is 1.84. The van der Waals surface area contributed by atoms with Gasteiger partial charge in [0.15, 0.2) is 11.5 Å². The van der Waals surface area contributed by atoms with Crippen LogP contribution in [-0.2, 0) is 0 Å². The van der Waals surface area contributed by atoms with Crippen LogP contribution in [0.2, 0.25) is 0 Å². The number of aliphatic hydroxyl groups is 1. The number of ether oxygens (including phenoxy) is 2. The van der Waals surface area contributed by atoms with E-state index in [-0.39, 0.29) is 6.61 Å². The quantitative estimate of drug-likeness (QED) is 0.728. The third kappa shape index (κ3) is 5.02. The SMILES string of the molecule is CCCOc1ccccc1OCC(C)(O)CNC1CC1. The van der Waals surface area contributed by atoms with Crippen LogP contribution in [-0.4, -0.2) is 36.5 Å². The van der Waals surface area contributed by atoms with E-state index in [1.54, 1.807) is 6.92 Å². The van der Waals surface area contributed by atoms with Crippen LogP contribution in [0.25, 0.3) is 0 Å². The van der Waals surface area contributed by atoms with Crippen molar-refractivity contribution in [1.29, 1.82) is 0 Å². The van der Waals surface area contributed by atoms with E-state index in [4.69, 9.17) is 9.47 Å². The molecule has 0 radical (unpaired) electrons. The summed E-state index contributed by atoms with van der Waals surface area (Å²) in [4.78, 5) is 0. The molecule has 0 aromatic heterocycles. The number of benzene rings is 1. The molecule has 1 aliphatic carbocycles. The summed E-state index contributed by atoms with van der Waals surface area (Å²) < 4.78 is 11.4. The first-order valence-corrected chi connectivity index (χ1v) is 7.41. The zero-order valence-corrected chi connectivity index (χ0v) is 12.4. The predicted molar refractivity (Wildman–Crippen MR) is 79.4 cm³/mol. The Morgan fingerprint density at radius 1 is 1.25 bits per heavy atom. The fourth-order valence-electron chi connectivity index (χ4n) is 1.84. The lowest BCUT2D eigenvalue weighted by molar-refractivity contribution is 0.0111. The highest BCUT2D eigenvalue weighted by molar-refractivity contribution is 5.39. The standard InChI is InChI=1S/C16H25NO3/c1-3-10-19-14-6-4-5-7-15(14)20-12-16(2,18)11-17-13-8-9-13/h4-7,13,17-18H,3,8-12H2,1-2H3. The minimum atomic E-state index is -0.875. The van der Waals surface area contributed by atoms with Crippen molar-refractivity contribution < 1.29 is 14.6 Å². The van der Waals surface area contributed by atoms with Gasteiger partial charge in [-0.15, -0.1) is 0 Å². The Labute approximate surface area is 121 Å². The summed E-state index contributed by atoms with van der Waals surface area (Å²) in [5, 5.41) is 13.6. The van der Waals surface area contributed by atoms with Gasteiger partial charge in [0, 0.05) is 12.6 Å². The number of hydrogen-bond donors (Lipinski definition) is 2. The molecule has 1 aromatic carbocycles. The van der Waals surface area contributed by atoms with Crippen molar-refractivity contribution in [3.8, 4) is 11.5 Å². The van der Waals surface area contributed by atoms with Crippen LogP contribution in [0.3, 0.4) is 0 Å². The first-order chi connectivity index (χ1) is 9.61. The van der Waals surface area contributed by atoms with E-state index < -0.39 is 5.60 Å². The largest absolute Gasteiger partial charge is 0.490 e. The third-order valence-electron chi connectivity index (χ3n) is 3.20. The fourth-order valence-corrected chi connectivity index (χ4v) is 1.84. The second-order valence-corrected chi connectivity index (χ2v) is 5.74. The molecule has 20 heavy (non-hydrogen) atoms. The van der Waals surface area contributed by atoms with Crippen molar-refractivity contribution in [1.82, 2.24) is 5.32 Å². The summed E-state index contributed by atoms with van der Waals surface area (Å²) in [6, 6.07) is 8.18. The molecule has 0 bridgehead atoms. The minimum Gasteiger partial charge on any atom is -0.490 e. The Kier molecular flexibility index (Phi) is 5.26. The Morgan fingerprint density at radius 3 is 2.50 bits per heavy atom. The molecule has 0 saturated heterocycles. The Morgan fingerprint density at radius 2 is 1.90 bits per heavy atom. The number of nitrogens with one attached hydrogen (secondary N) is 1. The average molecular weight is 279 g/mol. The molecule has 0 heterocycles. The summed E-state index contributed by atoms with van der Waals surface area (Å²) in [7, 11) is 0. The fraction of sp³-hybridized carbons (Fsp3) is 0.625. The zero-order chi connectivity index (χ0) is 14.4. The molecule has 1 aliphatic rings. The van der Waals surface area contributed by atoms with E-state index in [0.29, 0.717) is 24.9 Å². The lowest BCUT2D eigenvalue weighted by Gasteiger charge is -2.24. The molecule has 1 fully saturated rings. The molecule has 0 amide bonds. The van der Waals surface area contributed by atoms with Gasteiger partial charge in [-0.3, -0.25) is 0 Å². The highest BCUT2D eigenvalue weighted by atomic mass is 16.5. The van der Waals surface area contributed by atoms with E-state index in [9.17, 15) is 5.11 Å². The van der Waals surface area contributed by atoms with Crippen LogP contribution in [0.4, 0.5) is 0 Å². The van der Waals surface area contributed by atoms with Crippen molar-refractivity contribution in [2.45, 2.75) is 44.8 Å². The maximum absolute atomic E-state index is 10.3. The third-order valence-corrected chi connectivity index (χ3v) is 3.20. The van der Waals surface area contributed by atoms with E-state index in [1.807, 2.05) is 24.3 Å². The topological polar surface area (TPSA) is 50.7 Å². The van der Waals surface area contributed by atoms with Gasteiger partial charge < -0.3 is 19.9 Å². The lowest BCUT2D eigenvalue weighted by Crippen LogP contribution is -2.43. The lowest BCUT2D eigenvalue weighted by atomic mass is 10.1. The second-order valence-electron chi connectivity index (χ2n) is 5.74. The van der Waals surface area contributed by atoms with Crippen molar-refractivity contribution >= 4 is 0 Å². The summed E-state index contributed by atoms with van der Waals surface area (Å²) in [6.07, 6.45) is 3.38. The highest BCUT2D eigenvalue weighted by Gasteiger charge is 2.27. The molecule has 4 heteroatoms. The molecule has 0 spiro atoms. The van der Waals surface area contributed by atoms with Gasteiger partial charge in [0.25, 0.3) is 0 Å². The molecule has 1 unspecified atom stereocenters. The van der Waals surface area contributed by atoms with Crippen LogP contribution in [0.15, 0.2) is 24.3 Å². The number of rotatable bonds is 9. The molecule has 1 saturated carbocycles. The number of para-hydroxylation sites is 2. The Bertz CT molecular complexity index is 416. The second kappa shape index (κ2) is 6.95. The van der Waals surface area contributed by atoms with E-state index >= 15 is 0 Å². The van der Waals surface area contributed by atoms with Crippen molar-refractivity contribution in [3.05, 3.63) is 24.3 Å². The normalized spacial score (nSPS) is 17.6.